The minimum atomic E-state index is 0.332. The highest BCUT2D eigenvalue weighted by Crippen LogP contribution is 2.24. The van der Waals surface area contributed by atoms with Crippen LogP contribution in [0.2, 0.25) is 0 Å². The van der Waals surface area contributed by atoms with Gasteiger partial charge in [0.1, 0.15) is 5.75 Å². The lowest BCUT2D eigenvalue weighted by Gasteiger charge is -2.21. The van der Waals surface area contributed by atoms with Crippen molar-refractivity contribution in [3.05, 3.63) is 29.8 Å². The Balaban J connectivity index is 1.97. The van der Waals surface area contributed by atoms with Crippen molar-refractivity contribution in [3.63, 3.8) is 0 Å². The first kappa shape index (κ1) is 11.4. The molecule has 3 heteroatoms. The second-order valence-corrected chi connectivity index (χ2v) is 4.78. The molecular formula is C13H20N2O. The number of hydrogen-bond donors (Lipinski definition) is 2. The molecular weight excluding hydrogens is 200 g/mol. The highest BCUT2D eigenvalue weighted by molar-refractivity contribution is 5.25. The molecule has 1 heterocycles. The molecule has 2 rings (SSSR count). The van der Waals surface area contributed by atoms with E-state index < -0.39 is 0 Å². The summed E-state index contributed by atoms with van der Waals surface area (Å²) in [5, 5.41) is 9.22. The summed E-state index contributed by atoms with van der Waals surface area (Å²) in [6.07, 6.45) is 1.20. The molecule has 3 nitrogen and oxygen atoms in total. The van der Waals surface area contributed by atoms with Crippen molar-refractivity contribution in [3.8, 4) is 5.75 Å². The fraction of sp³-hybridized carbons (Fsp3) is 0.538. The van der Waals surface area contributed by atoms with Crippen LogP contribution in [0.4, 0.5) is 0 Å². The Labute approximate surface area is 96.9 Å². The SMILES string of the molecule is CC1CC(CN)CN1Cc1ccc(O)cc1. The molecule has 1 aliphatic rings. The highest BCUT2D eigenvalue weighted by atomic mass is 16.3. The van der Waals surface area contributed by atoms with Crippen LogP contribution in [-0.4, -0.2) is 29.1 Å². The molecule has 0 saturated carbocycles. The summed E-state index contributed by atoms with van der Waals surface area (Å²) >= 11 is 0. The van der Waals surface area contributed by atoms with Gasteiger partial charge >= 0.3 is 0 Å². The van der Waals surface area contributed by atoms with Gasteiger partial charge in [0.25, 0.3) is 0 Å². The van der Waals surface area contributed by atoms with Crippen LogP contribution < -0.4 is 5.73 Å². The van der Waals surface area contributed by atoms with Crippen LogP contribution in [0.25, 0.3) is 0 Å². The minimum Gasteiger partial charge on any atom is -0.508 e. The lowest BCUT2D eigenvalue weighted by Crippen LogP contribution is -2.27. The van der Waals surface area contributed by atoms with E-state index in [-0.39, 0.29) is 0 Å². The number of benzene rings is 1. The van der Waals surface area contributed by atoms with Crippen molar-refractivity contribution in [2.45, 2.75) is 25.9 Å². The third kappa shape index (κ3) is 2.54. The maximum Gasteiger partial charge on any atom is 0.115 e. The van der Waals surface area contributed by atoms with Gasteiger partial charge < -0.3 is 10.8 Å². The lowest BCUT2D eigenvalue weighted by molar-refractivity contribution is 0.256. The second-order valence-electron chi connectivity index (χ2n) is 4.78. The number of aromatic hydroxyl groups is 1. The zero-order chi connectivity index (χ0) is 11.5. The highest BCUT2D eigenvalue weighted by Gasteiger charge is 2.27. The van der Waals surface area contributed by atoms with Gasteiger partial charge in [-0.2, -0.15) is 0 Å². The maximum atomic E-state index is 9.22. The topological polar surface area (TPSA) is 49.5 Å². The van der Waals surface area contributed by atoms with Crippen molar-refractivity contribution in [2.24, 2.45) is 11.7 Å². The molecule has 1 aromatic carbocycles. The van der Waals surface area contributed by atoms with Gasteiger partial charge in [0.2, 0.25) is 0 Å². The quantitative estimate of drug-likeness (QED) is 0.812. The number of rotatable bonds is 3. The van der Waals surface area contributed by atoms with Crippen LogP contribution in [-0.2, 0) is 6.54 Å². The van der Waals surface area contributed by atoms with E-state index in [4.69, 9.17) is 5.73 Å². The molecule has 0 aromatic heterocycles. The predicted octanol–water partition coefficient (Wildman–Crippen LogP) is 1.56. The van der Waals surface area contributed by atoms with E-state index in [0.29, 0.717) is 17.7 Å². The zero-order valence-corrected chi connectivity index (χ0v) is 9.76. The summed E-state index contributed by atoms with van der Waals surface area (Å²) in [7, 11) is 0. The first-order chi connectivity index (χ1) is 7.69. The van der Waals surface area contributed by atoms with Crippen LogP contribution in [0.15, 0.2) is 24.3 Å². The Morgan fingerprint density at radius 1 is 1.38 bits per heavy atom. The molecule has 1 fully saturated rings. The summed E-state index contributed by atoms with van der Waals surface area (Å²) in [5.74, 6) is 0.977. The van der Waals surface area contributed by atoms with E-state index in [1.807, 2.05) is 12.1 Å². The average molecular weight is 220 g/mol. The molecule has 0 aliphatic carbocycles. The zero-order valence-electron chi connectivity index (χ0n) is 9.76. The van der Waals surface area contributed by atoms with Crippen molar-refractivity contribution >= 4 is 0 Å². The van der Waals surface area contributed by atoms with E-state index in [0.717, 1.165) is 19.6 Å². The number of phenols is 1. The van der Waals surface area contributed by atoms with Gasteiger partial charge in [-0.15, -0.1) is 0 Å². The standard InChI is InChI=1S/C13H20N2O/c1-10-6-12(7-14)9-15(10)8-11-2-4-13(16)5-3-11/h2-5,10,12,16H,6-9,14H2,1H3. The molecule has 1 saturated heterocycles. The number of nitrogens with two attached hydrogens (primary N) is 1. The molecule has 2 atom stereocenters. The first-order valence-electron chi connectivity index (χ1n) is 5.91. The number of phenolic OH excluding ortho intramolecular Hbond substituents is 1. The van der Waals surface area contributed by atoms with Gasteiger partial charge in [-0.3, -0.25) is 4.90 Å². The van der Waals surface area contributed by atoms with E-state index in [1.54, 1.807) is 12.1 Å². The molecule has 2 unspecified atom stereocenters. The van der Waals surface area contributed by atoms with Gasteiger partial charge in [0, 0.05) is 19.1 Å². The van der Waals surface area contributed by atoms with E-state index in [9.17, 15) is 5.11 Å². The summed E-state index contributed by atoms with van der Waals surface area (Å²) in [6.45, 7) is 5.10. The smallest absolute Gasteiger partial charge is 0.115 e. The summed E-state index contributed by atoms with van der Waals surface area (Å²) in [6, 6.07) is 8.07. The van der Waals surface area contributed by atoms with Crippen LogP contribution in [0.3, 0.4) is 0 Å². The third-order valence-corrected chi connectivity index (χ3v) is 3.45. The molecule has 0 radical (unpaired) electrons. The van der Waals surface area contributed by atoms with E-state index >= 15 is 0 Å². The van der Waals surface area contributed by atoms with Gasteiger partial charge in [0.05, 0.1) is 0 Å². The fourth-order valence-corrected chi connectivity index (χ4v) is 2.44. The Morgan fingerprint density at radius 3 is 2.62 bits per heavy atom. The molecule has 1 aliphatic heterocycles. The molecule has 0 amide bonds. The Bertz CT molecular complexity index is 336. The van der Waals surface area contributed by atoms with Crippen molar-refractivity contribution < 1.29 is 5.11 Å². The number of likely N-dealkylation sites (tertiary alicyclic amines) is 1. The minimum absolute atomic E-state index is 0.332. The maximum absolute atomic E-state index is 9.22. The molecule has 88 valence electrons. The van der Waals surface area contributed by atoms with Crippen LogP contribution in [0.1, 0.15) is 18.9 Å². The van der Waals surface area contributed by atoms with Gasteiger partial charge in [-0.25, -0.2) is 0 Å². The van der Waals surface area contributed by atoms with Crippen LogP contribution >= 0.6 is 0 Å². The Kier molecular flexibility index (Phi) is 3.46. The normalized spacial score (nSPS) is 26.1. The fourth-order valence-electron chi connectivity index (χ4n) is 2.44. The largest absolute Gasteiger partial charge is 0.508 e. The van der Waals surface area contributed by atoms with Gasteiger partial charge in [-0.05, 0) is 43.5 Å². The number of hydrogen-bond acceptors (Lipinski definition) is 3. The van der Waals surface area contributed by atoms with Crippen LogP contribution in [0.5, 0.6) is 5.75 Å². The Hall–Kier alpha value is -1.06. The molecule has 0 spiro atoms. The van der Waals surface area contributed by atoms with Gasteiger partial charge in [-0.1, -0.05) is 12.1 Å². The van der Waals surface area contributed by atoms with Crippen molar-refractivity contribution in [1.29, 1.82) is 0 Å². The van der Waals surface area contributed by atoms with Crippen LogP contribution in [0, 0.1) is 5.92 Å². The Morgan fingerprint density at radius 2 is 2.06 bits per heavy atom. The van der Waals surface area contributed by atoms with E-state index in [2.05, 4.69) is 11.8 Å². The predicted molar refractivity (Wildman–Crippen MR) is 65.1 cm³/mol. The second kappa shape index (κ2) is 4.85. The molecule has 16 heavy (non-hydrogen) atoms. The average Bonchev–Trinajstić information content (AvgIpc) is 2.63. The van der Waals surface area contributed by atoms with Crippen molar-refractivity contribution in [2.75, 3.05) is 13.1 Å². The lowest BCUT2D eigenvalue weighted by atomic mass is 10.1. The monoisotopic (exact) mass is 220 g/mol. The summed E-state index contributed by atoms with van der Waals surface area (Å²) in [4.78, 5) is 2.46. The summed E-state index contributed by atoms with van der Waals surface area (Å²) in [5.41, 5.74) is 6.96. The number of nitrogens with zero attached hydrogens (tertiary/aromatic N) is 1. The first-order valence-corrected chi connectivity index (χ1v) is 5.91. The van der Waals surface area contributed by atoms with Gasteiger partial charge in [0.15, 0.2) is 0 Å². The summed E-state index contributed by atoms with van der Waals surface area (Å²) < 4.78 is 0. The van der Waals surface area contributed by atoms with Crippen molar-refractivity contribution in [1.82, 2.24) is 4.90 Å². The molecule has 0 bridgehead atoms. The third-order valence-electron chi connectivity index (χ3n) is 3.45. The van der Waals surface area contributed by atoms with E-state index in [1.165, 1.54) is 12.0 Å². The molecule has 1 aromatic rings. The molecule has 3 N–H and O–H groups in total.